The van der Waals surface area contributed by atoms with Crippen LogP contribution in [0, 0.1) is 5.92 Å². The molecule has 1 aliphatic heterocycles. The van der Waals surface area contributed by atoms with E-state index < -0.39 is 12.0 Å². The first-order valence-electron chi connectivity index (χ1n) is 5.84. The Bertz CT molecular complexity index is 600. The van der Waals surface area contributed by atoms with Crippen molar-refractivity contribution in [3.63, 3.8) is 0 Å². The van der Waals surface area contributed by atoms with Crippen molar-refractivity contribution in [2.75, 3.05) is 5.32 Å². The number of hydrogen-bond acceptors (Lipinski definition) is 2. The molecule has 1 aliphatic carbocycles. The van der Waals surface area contributed by atoms with E-state index in [1.54, 1.807) is 0 Å². The van der Waals surface area contributed by atoms with Gasteiger partial charge in [-0.15, -0.1) is 0 Å². The summed E-state index contributed by atoms with van der Waals surface area (Å²) in [6.45, 7) is 0. The summed E-state index contributed by atoms with van der Waals surface area (Å²) in [6, 6.07) is 0.872. The van der Waals surface area contributed by atoms with Gasteiger partial charge < -0.3 is 10.4 Å². The number of fused-ring (bicyclic) bond motifs is 3. The van der Waals surface area contributed by atoms with Crippen molar-refractivity contribution in [3.8, 4) is 0 Å². The average molecular weight is 319 g/mol. The molecular weight excluding hydrogens is 309 g/mol. The predicted octanol–water partition coefficient (Wildman–Crippen LogP) is 4.19. The molecule has 0 unspecified atom stereocenters. The Labute approximate surface area is 125 Å². The number of benzene rings is 1. The Morgan fingerprint density at radius 2 is 2.05 bits per heavy atom. The lowest BCUT2D eigenvalue weighted by atomic mass is 9.79. The number of nitrogens with one attached hydrogen (secondary N) is 1. The van der Waals surface area contributed by atoms with E-state index in [1.165, 1.54) is 6.07 Å². The van der Waals surface area contributed by atoms with Crippen molar-refractivity contribution in [3.05, 3.63) is 38.8 Å². The number of rotatable bonds is 1. The Hall–Kier alpha value is -0.900. The van der Waals surface area contributed by atoms with Crippen LogP contribution in [0.2, 0.25) is 15.1 Å². The third-order valence-electron chi connectivity index (χ3n) is 3.75. The number of aliphatic carboxylic acids is 1. The van der Waals surface area contributed by atoms with Crippen molar-refractivity contribution in [2.24, 2.45) is 5.92 Å². The van der Waals surface area contributed by atoms with Crippen LogP contribution in [0.25, 0.3) is 0 Å². The minimum absolute atomic E-state index is 0.0546. The summed E-state index contributed by atoms with van der Waals surface area (Å²) in [5.74, 6) is -0.996. The van der Waals surface area contributed by atoms with E-state index in [0.29, 0.717) is 27.2 Å². The number of carboxylic acids is 1. The molecule has 2 N–H and O–H groups in total. The monoisotopic (exact) mass is 317 g/mol. The quantitative estimate of drug-likeness (QED) is 0.603. The third-order valence-corrected chi connectivity index (χ3v) is 4.85. The molecule has 0 spiro atoms. The summed E-state index contributed by atoms with van der Waals surface area (Å²) in [7, 11) is 0. The van der Waals surface area contributed by atoms with Crippen molar-refractivity contribution in [2.45, 2.75) is 18.4 Å². The van der Waals surface area contributed by atoms with E-state index in [1.807, 2.05) is 12.2 Å². The fraction of sp³-hybridized carbons (Fsp3) is 0.308. The van der Waals surface area contributed by atoms with Crippen LogP contribution in [0.1, 0.15) is 17.9 Å². The minimum atomic E-state index is -0.883. The van der Waals surface area contributed by atoms with Gasteiger partial charge in [0.05, 0.1) is 20.8 Å². The number of carbonyl (C=O) groups is 1. The maximum Gasteiger partial charge on any atom is 0.326 e. The van der Waals surface area contributed by atoms with Gasteiger partial charge in [-0.25, -0.2) is 4.79 Å². The Kier molecular flexibility index (Phi) is 3.16. The van der Waals surface area contributed by atoms with Crippen LogP contribution >= 0.6 is 34.8 Å². The zero-order valence-corrected chi connectivity index (χ0v) is 11.9. The van der Waals surface area contributed by atoms with Crippen molar-refractivity contribution in [1.82, 2.24) is 0 Å². The number of carboxylic acid groups (broad SMARTS) is 1. The molecule has 3 atom stereocenters. The first kappa shape index (κ1) is 13.1. The highest BCUT2D eigenvalue weighted by Crippen LogP contribution is 2.51. The first-order valence-corrected chi connectivity index (χ1v) is 6.97. The molecular formula is C13H10Cl3NO2. The normalized spacial score (nSPS) is 27.6. The molecule has 0 amide bonds. The first-order chi connectivity index (χ1) is 9.00. The second kappa shape index (κ2) is 4.58. The van der Waals surface area contributed by atoms with Crippen molar-refractivity contribution >= 4 is 46.5 Å². The lowest BCUT2D eigenvalue weighted by molar-refractivity contribution is -0.139. The van der Waals surface area contributed by atoms with Crippen LogP contribution in [0.4, 0.5) is 5.69 Å². The van der Waals surface area contributed by atoms with Gasteiger partial charge in [-0.2, -0.15) is 0 Å². The van der Waals surface area contributed by atoms with Crippen LogP contribution in [0.15, 0.2) is 18.2 Å². The van der Waals surface area contributed by atoms with E-state index in [4.69, 9.17) is 34.8 Å². The minimum Gasteiger partial charge on any atom is -0.480 e. The van der Waals surface area contributed by atoms with E-state index in [-0.39, 0.29) is 11.8 Å². The summed E-state index contributed by atoms with van der Waals surface area (Å²) in [4.78, 5) is 11.4. The van der Waals surface area contributed by atoms with Crippen LogP contribution < -0.4 is 5.32 Å². The summed E-state index contributed by atoms with van der Waals surface area (Å²) < 4.78 is 0. The highest BCUT2D eigenvalue weighted by atomic mass is 35.5. The zero-order valence-electron chi connectivity index (χ0n) is 9.66. The van der Waals surface area contributed by atoms with Gasteiger partial charge in [0.2, 0.25) is 0 Å². The molecule has 19 heavy (non-hydrogen) atoms. The standard InChI is InChI=1S/C13H10Cl3NO2/c14-7-4-8(15)12-9(10(7)16)5-2-1-3-6(5)11(17-12)13(18)19/h1-2,4-6,11,17H,3H2,(H,18,19)/t5-,6+,11+/m0/s1. The Balaban J connectivity index is 2.21. The molecule has 0 radical (unpaired) electrons. The van der Waals surface area contributed by atoms with Gasteiger partial charge in [0, 0.05) is 17.4 Å². The summed E-state index contributed by atoms with van der Waals surface area (Å²) in [5, 5.41) is 13.6. The van der Waals surface area contributed by atoms with E-state index in [0.717, 1.165) is 5.56 Å². The molecule has 0 bridgehead atoms. The maximum atomic E-state index is 11.4. The molecule has 1 heterocycles. The summed E-state index contributed by atoms with van der Waals surface area (Å²) in [6.07, 6.45) is 4.67. The highest BCUT2D eigenvalue weighted by molar-refractivity contribution is 6.44. The number of halogens is 3. The van der Waals surface area contributed by atoms with Gasteiger partial charge in [0.1, 0.15) is 6.04 Å². The second-order valence-corrected chi connectivity index (χ2v) is 5.95. The Morgan fingerprint density at radius 3 is 2.74 bits per heavy atom. The number of allylic oxidation sites excluding steroid dienone is 2. The highest BCUT2D eigenvalue weighted by Gasteiger charge is 2.42. The Morgan fingerprint density at radius 1 is 1.32 bits per heavy atom. The third kappa shape index (κ3) is 1.92. The molecule has 100 valence electrons. The lowest BCUT2D eigenvalue weighted by Crippen LogP contribution is -2.42. The van der Waals surface area contributed by atoms with Gasteiger partial charge in [0.15, 0.2) is 0 Å². The molecule has 0 fully saturated rings. The fourth-order valence-corrected chi connectivity index (χ4v) is 3.71. The summed E-state index contributed by atoms with van der Waals surface area (Å²) in [5.41, 5.74) is 1.38. The van der Waals surface area contributed by atoms with Crippen molar-refractivity contribution in [1.29, 1.82) is 0 Å². The van der Waals surface area contributed by atoms with Gasteiger partial charge in [0.25, 0.3) is 0 Å². The molecule has 0 saturated heterocycles. The van der Waals surface area contributed by atoms with E-state index >= 15 is 0 Å². The molecule has 3 rings (SSSR count). The lowest BCUT2D eigenvalue weighted by Gasteiger charge is -2.36. The SMILES string of the molecule is O=C(O)[C@@H]1Nc2c(Cl)cc(Cl)c(Cl)c2[C@H]2C=CC[C@H]21. The van der Waals surface area contributed by atoms with Crippen molar-refractivity contribution < 1.29 is 9.90 Å². The number of hydrogen-bond donors (Lipinski definition) is 2. The topological polar surface area (TPSA) is 49.3 Å². The van der Waals surface area contributed by atoms with Crippen LogP contribution in [-0.4, -0.2) is 17.1 Å². The fourth-order valence-electron chi connectivity index (χ4n) is 2.91. The predicted molar refractivity (Wildman–Crippen MR) is 76.5 cm³/mol. The number of anilines is 1. The summed E-state index contributed by atoms with van der Waals surface area (Å²) >= 11 is 18.5. The second-order valence-electron chi connectivity index (χ2n) is 4.76. The van der Waals surface area contributed by atoms with Crippen LogP contribution in [0.5, 0.6) is 0 Å². The average Bonchev–Trinajstić information content (AvgIpc) is 2.82. The molecule has 0 saturated carbocycles. The molecule has 1 aromatic rings. The van der Waals surface area contributed by atoms with Gasteiger partial charge in [-0.05, 0) is 12.5 Å². The zero-order chi connectivity index (χ0) is 13.7. The maximum absolute atomic E-state index is 11.4. The molecule has 1 aromatic carbocycles. The van der Waals surface area contributed by atoms with Gasteiger partial charge >= 0.3 is 5.97 Å². The molecule has 3 nitrogen and oxygen atoms in total. The van der Waals surface area contributed by atoms with E-state index in [9.17, 15) is 9.90 Å². The van der Waals surface area contributed by atoms with Gasteiger partial charge in [-0.1, -0.05) is 47.0 Å². The van der Waals surface area contributed by atoms with Gasteiger partial charge in [-0.3, -0.25) is 0 Å². The molecule has 2 aliphatic rings. The van der Waals surface area contributed by atoms with Crippen LogP contribution in [-0.2, 0) is 4.79 Å². The smallest absolute Gasteiger partial charge is 0.326 e. The van der Waals surface area contributed by atoms with Crippen LogP contribution in [0.3, 0.4) is 0 Å². The molecule has 0 aromatic heterocycles. The van der Waals surface area contributed by atoms with E-state index in [2.05, 4.69) is 5.32 Å². The largest absolute Gasteiger partial charge is 0.480 e. The molecule has 6 heteroatoms.